The molecule has 0 saturated heterocycles. The molecule has 396 valence electrons. The van der Waals surface area contributed by atoms with Gasteiger partial charge in [-0.3, -0.25) is 0 Å². The zero-order chi connectivity index (χ0) is 54.2. The van der Waals surface area contributed by atoms with E-state index in [0.29, 0.717) is 11.5 Å². The predicted octanol–water partition coefficient (Wildman–Crippen LogP) is 17.1. The van der Waals surface area contributed by atoms with E-state index >= 15 is 0 Å². The average molecular weight is 1210 g/mol. The topological polar surface area (TPSA) is 40.8 Å². The molecule has 0 saturated carbocycles. The molecule has 2 aliphatic rings. The van der Waals surface area contributed by atoms with Gasteiger partial charge in [-0.2, -0.15) is 6.07 Å². The Kier molecular flexibility index (Phi) is 11.1. The van der Waals surface area contributed by atoms with E-state index in [1.54, 1.807) is 0 Å². The first-order valence-corrected chi connectivity index (χ1v) is 27.6. The largest absolute Gasteiger partial charge is 0.508 e. The van der Waals surface area contributed by atoms with Crippen molar-refractivity contribution in [2.75, 3.05) is 0 Å². The molecule has 12 aromatic rings. The molecule has 7 heteroatoms. The number of nitrogens with zero attached hydrogens (tertiary/aromatic N) is 5. The first kappa shape index (κ1) is 50.9. The van der Waals surface area contributed by atoms with Crippen molar-refractivity contribution in [3.8, 4) is 39.8 Å². The van der Waals surface area contributed by atoms with Gasteiger partial charge in [0.1, 0.15) is 5.82 Å². The summed E-state index contributed by atoms with van der Waals surface area (Å²) in [6, 6.07) is 63.8. The number of aryl methyl sites for hydroxylation is 1. The minimum atomic E-state index is -0.745. The molecule has 5 heterocycles. The van der Waals surface area contributed by atoms with Crippen LogP contribution >= 0.6 is 0 Å². The third-order valence-electron chi connectivity index (χ3n) is 17.0. The standard InChI is InChI=1S/C72H65N5O.Pt/c1-68(2,3)43-35-50-51-36-44(69(4,5)6)38-55(71(10,11)12)66(51)72(65(50)54(37-43)70(7,8)9)52-33-32-45(39-61(52)75-42-74(13)59-30-22-26-53(72)67(59)75)78-63-41-60-49(48-25-16-19-29-58(48)77(60)64-31-20-21-34-73-64)40-62(63)76-56-27-17-14-23-46(56)47-24-15-18-28-57(47)76;/h14-38,40H,1-13H3;/q-2;. The number of pyridine rings is 1. The molecule has 0 bridgehead atoms. The number of fused-ring (bicyclic) bond motifs is 15. The maximum absolute atomic E-state index is 7.54. The minimum Gasteiger partial charge on any atom is -0.508 e. The molecule has 6 nitrogen and oxygen atoms in total. The van der Waals surface area contributed by atoms with Crippen molar-refractivity contribution in [2.45, 2.75) is 110 Å². The molecule has 4 aromatic heterocycles. The van der Waals surface area contributed by atoms with Gasteiger partial charge in [-0.1, -0.05) is 203 Å². The molecular formula is C72H65N5OPt-2. The summed E-state index contributed by atoms with van der Waals surface area (Å²) in [6.45, 7) is 28.5. The van der Waals surface area contributed by atoms with Crippen molar-refractivity contribution < 1.29 is 30.4 Å². The summed E-state index contributed by atoms with van der Waals surface area (Å²) in [5.74, 6) is 1.97. The zero-order valence-corrected chi connectivity index (χ0v) is 49.7. The maximum Gasteiger partial charge on any atom is 0.242 e. The van der Waals surface area contributed by atoms with E-state index in [2.05, 4.69) is 266 Å². The number of hydrogen-bond acceptors (Lipinski definition) is 2. The summed E-state index contributed by atoms with van der Waals surface area (Å²) in [5, 5.41) is 4.50. The second-order valence-electron chi connectivity index (χ2n) is 26.2. The van der Waals surface area contributed by atoms with Crippen LogP contribution < -0.4 is 9.30 Å². The number of hydrogen-bond donors (Lipinski definition) is 0. The van der Waals surface area contributed by atoms with Crippen LogP contribution in [-0.2, 0) is 55.2 Å². The van der Waals surface area contributed by atoms with Gasteiger partial charge in [0.15, 0.2) is 0 Å². The molecule has 0 atom stereocenters. The molecule has 14 rings (SSSR count). The third-order valence-corrected chi connectivity index (χ3v) is 17.0. The number of ether oxygens (including phenoxy) is 1. The van der Waals surface area contributed by atoms with E-state index in [0.717, 1.165) is 66.6 Å². The molecule has 1 spiro atoms. The fourth-order valence-corrected chi connectivity index (χ4v) is 13.3. The smallest absolute Gasteiger partial charge is 0.242 e. The maximum atomic E-state index is 7.54. The van der Waals surface area contributed by atoms with Crippen LogP contribution in [0.4, 0.5) is 0 Å². The van der Waals surface area contributed by atoms with Gasteiger partial charge in [-0.15, -0.1) is 29.8 Å². The molecule has 0 radical (unpaired) electrons. The van der Waals surface area contributed by atoms with Gasteiger partial charge < -0.3 is 23.0 Å². The Morgan fingerprint density at radius 1 is 0.519 bits per heavy atom. The number of benzene rings is 8. The molecule has 0 N–H and O–H groups in total. The molecule has 79 heavy (non-hydrogen) atoms. The van der Waals surface area contributed by atoms with Crippen LogP contribution in [-0.4, -0.2) is 18.7 Å². The summed E-state index contributed by atoms with van der Waals surface area (Å²) in [4.78, 5) is 4.90. The van der Waals surface area contributed by atoms with Crippen LogP contribution in [0.5, 0.6) is 11.5 Å². The molecule has 0 unspecified atom stereocenters. The Labute approximate surface area is 478 Å². The minimum absolute atomic E-state index is 0. The van der Waals surface area contributed by atoms with Gasteiger partial charge in [0.25, 0.3) is 0 Å². The first-order valence-electron chi connectivity index (χ1n) is 27.6. The molecule has 0 amide bonds. The van der Waals surface area contributed by atoms with E-state index in [9.17, 15) is 0 Å². The van der Waals surface area contributed by atoms with Crippen molar-refractivity contribution in [2.24, 2.45) is 7.05 Å². The van der Waals surface area contributed by atoms with Gasteiger partial charge in [0.2, 0.25) is 6.33 Å². The van der Waals surface area contributed by atoms with Crippen LogP contribution in [0.25, 0.3) is 83.0 Å². The summed E-state index contributed by atoms with van der Waals surface area (Å²) in [6.07, 6.45) is 5.66. The van der Waals surface area contributed by atoms with E-state index < -0.39 is 5.41 Å². The van der Waals surface area contributed by atoms with Crippen LogP contribution in [0.3, 0.4) is 0 Å². The molecule has 1 aliphatic carbocycles. The van der Waals surface area contributed by atoms with Crippen molar-refractivity contribution in [1.29, 1.82) is 0 Å². The molecular weight excluding hydrogens is 1150 g/mol. The van der Waals surface area contributed by atoms with Crippen LogP contribution in [0, 0.1) is 18.5 Å². The van der Waals surface area contributed by atoms with E-state index in [1.807, 2.05) is 18.3 Å². The molecule has 1 aliphatic heterocycles. The Balaban J connectivity index is 0.00000591. The summed E-state index contributed by atoms with van der Waals surface area (Å²) >= 11 is 0. The number of para-hydroxylation sites is 4. The monoisotopic (exact) mass is 1210 g/mol. The van der Waals surface area contributed by atoms with E-state index in [-0.39, 0.29) is 42.7 Å². The van der Waals surface area contributed by atoms with E-state index in [4.69, 9.17) is 9.72 Å². The Morgan fingerprint density at radius 3 is 1.61 bits per heavy atom. The van der Waals surface area contributed by atoms with Gasteiger partial charge in [0, 0.05) is 71.5 Å². The fraction of sp³-hybridized carbons (Fsp3) is 0.250. The summed E-state index contributed by atoms with van der Waals surface area (Å²) in [7, 11) is 2.12. The zero-order valence-electron chi connectivity index (χ0n) is 47.5. The van der Waals surface area contributed by atoms with Crippen molar-refractivity contribution in [3.63, 3.8) is 0 Å². The second kappa shape index (κ2) is 17.2. The van der Waals surface area contributed by atoms with Gasteiger partial charge in [-0.25, -0.2) is 4.98 Å². The fourth-order valence-electron chi connectivity index (χ4n) is 13.3. The Morgan fingerprint density at radius 2 is 1.06 bits per heavy atom. The average Bonchev–Trinajstić information content (AvgIpc) is 2.35. The number of rotatable bonds is 4. The Hall–Kier alpha value is -7.53. The van der Waals surface area contributed by atoms with Crippen LogP contribution in [0.1, 0.15) is 128 Å². The van der Waals surface area contributed by atoms with Crippen molar-refractivity contribution >= 4 is 54.6 Å². The molecule has 8 aromatic carbocycles. The SMILES string of the molecule is C[n+]1[c-]n2c3c(cccc31)C1(c3ccc(Oc4[c-]c5c(cc4-n4c6ccccc6c6ccccc64)c4ccccc4n5-c4ccccn4)[c-]c3-2)c2c(cc(C(C)(C)C)cc2C(C)(C)C)-c2cc(C(C)(C)C)cc(C(C)(C)C)c21.[Pt]. The third kappa shape index (κ3) is 7.32. The van der Waals surface area contributed by atoms with Crippen molar-refractivity contribution in [1.82, 2.24) is 18.7 Å². The van der Waals surface area contributed by atoms with Gasteiger partial charge in [0.05, 0.1) is 18.1 Å². The van der Waals surface area contributed by atoms with Gasteiger partial charge >= 0.3 is 0 Å². The van der Waals surface area contributed by atoms with Crippen LogP contribution in [0.15, 0.2) is 158 Å². The van der Waals surface area contributed by atoms with Crippen LogP contribution in [0.2, 0.25) is 0 Å². The van der Waals surface area contributed by atoms with E-state index in [1.165, 1.54) is 60.8 Å². The Bertz CT molecular complexity index is 4390. The summed E-state index contributed by atoms with van der Waals surface area (Å²) in [5.41, 5.74) is 19.9. The number of imidazole rings is 1. The quantitative estimate of drug-likeness (QED) is 0.130. The first-order chi connectivity index (χ1) is 37.1. The number of aromatic nitrogens is 5. The predicted molar refractivity (Wildman–Crippen MR) is 320 cm³/mol. The molecule has 0 fully saturated rings. The normalized spacial score (nSPS) is 13.9. The van der Waals surface area contributed by atoms with Gasteiger partial charge in [-0.05, 0) is 113 Å². The second-order valence-corrected chi connectivity index (χ2v) is 26.2. The summed E-state index contributed by atoms with van der Waals surface area (Å²) < 4.78 is 16.5. The van der Waals surface area contributed by atoms with Crippen molar-refractivity contribution in [3.05, 3.63) is 221 Å².